The van der Waals surface area contributed by atoms with Crippen molar-refractivity contribution in [1.82, 2.24) is 19.2 Å². The van der Waals surface area contributed by atoms with Gasteiger partial charge in [0.25, 0.3) is 0 Å². The summed E-state index contributed by atoms with van der Waals surface area (Å²) in [7, 11) is -4.19. The first kappa shape index (κ1) is 27.1. The predicted molar refractivity (Wildman–Crippen MR) is 139 cm³/mol. The molecule has 1 aliphatic rings. The van der Waals surface area contributed by atoms with Crippen LogP contribution >= 0.6 is 23.2 Å². The van der Waals surface area contributed by atoms with Gasteiger partial charge in [-0.3, -0.25) is 4.79 Å². The Morgan fingerprint density at radius 2 is 1.86 bits per heavy atom. The normalized spacial score (nSPS) is 19.0. The molecule has 2 atom stereocenters. The first-order chi connectivity index (χ1) is 17.5. The molecule has 9 nitrogen and oxygen atoms in total. The van der Waals surface area contributed by atoms with E-state index >= 15 is 0 Å². The lowest BCUT2D eigenvalue weighted by Gasteiger charge is -2.39. The fourth-order valence-corrected chi connectivity index (χ4v) is 7.22. The molecule has 37 heavy (non-hydrogen) atoms. The molecule has 12 heteroatoms. The Hall–Kier alpha value is -2.92. The van der Waals surface area contributed by atoms with Crippen LogP contribution in [0.4, 0.5) is 0 Å². The average molecular weight is 565 g/mol. The highest BCUT2D eigenvalue weighted by molar-refractivity contribution is 7.89. The molecule has 1 unspecified atom stereocenters. The zero-order chi connectivity index (χ0) is 26.8. The second-order valence-corrected chi connectivity index (χ2v) is 11.8. The maximum Gasteiger partial charge on any atom is 0.326 e. The molecule has 0 radical (unpaired) electrons. The van der Waals surface area contributed by atoms with Crippen LogP contribution in [0.1, 0.15) is 31.0 Å². The van der Waals surface area contributed by atoms with Crippen molar-refractivity contribution in [3.05, 3.63) is 82.4 Å². The van der Waals surface area contributed by atoms with E-state index in [1.54, 1.807) is 31.2 Å². The summed E-state index contributed by atoms with van der Waals surface area (Å²) in [6.45, 7) is 1.61. The summed E-state index contributed by atoms with van der Waals surface area (Å²) in [4.78, 5) is 34.7. The highest BCUT2D eigenvalue weighted by Crippen LogP contribution is 2.38. The van der Waals surface area contributed by atoms with E-state index in [1.807, 2.05) is 6.07 Å². The summed E-state index contributed by atoms with van der Waals surface area (Å²) in [5, 5.41) is 10.5. The number of sulfonamides is 1. The highest BCUT2D eigenvalue weighted by atomic mass is 35.5. The number of benzene rings is 2. The zero-order valence-corrected chi connectivity index (χ0v) is 22.3. The van der Waals surface area contributed by atoms with Crippen molar-refractivity contribution >= 4 is 45.1 Å². The minimum Gasteiger partial charge on any atom is -0.480 e. The number of imidazole rings is 1. The molecule has 196 valence electrons. The summed E-state index contributed by atoms with van der Waals surface area (Å²) in [5.41, 5.74) is -0.276. The molecular formula is C25H26Cl2N4O5S. The lowest BCUT2D eigenvalue weighted by molar-refractivity contribution is -0.154. The van der Waals surface area contributed by atoms with Crippen LogP contribution in [-0.4, -0.2) is 62.7 Å². The summed E-state index contributed by atoms with van der Waals surface area (Å²) in [6.07, 6.45) is 3.55. The first-order valence-electron chi connectivity index (χ1n) is 11.6. The molecule has 0 spiro atoms. The Kier molecular flexibility index (Phi) is 7.94. The minimum atomic E-state index is -4.19. The number of nitrogens with zero attached hydrogens (tertiary/aromatic N) is 3. The lowest BCUT2D eigenvalue weighted by atomic mass is 9.96. The van der Waals surface area contributed by atoms with Crippen molar-refractivity contribution < 1.29 is 23.1 Å². The number of hydrogen-bond acceptors (Lipinski definition) is 5. The van der Waals surface area contributed by atoms with Crippen molar-refractivity contribution in [3.63, 3.8) is 0 Å². The quantitative estimate of drug-likeness (QED) is 0.405. The number of carboxylic acids is 1. The molecule has 1 saturated heterocycles. The number of rotatable bonds is 9. The molecule has 0 bridgehead atoms. The van der Waals surface area contributed by atoms with Gasteiger partial charge in [0.2, 0.25) is 15.9 Å². The molecule has 2 N–H and O–H groups in total. The number of carboxylic acid groups (broad SMARTS) is 1. The second-order valence-electron chi connectivity index (χ2n) is 9.11. The number of aromatic amines is 1. The van der Waals surface area contributed by atoms with Crippen LogP contribution in [0.15, 0.2) is 66.0 Å². The molecule has 2 heterocycles. The van der Waals surface area contributed by atoms with Crippen LogP contribution in [0.5, 0.6) is 0 Å². The number of halogens is 2. The molecule has 1 aromatic heterocycles. The average Bonchev–Trinajstić information content (AvgIpc) is 3.51. The third kappa shape index (κ3) is 5.67. The van der Waals surface area contributed by atoms with Gasteiger partial charge in [-0.25, -0.2) is 18.2 Å². The Balaban J connectivity index is 1.75. The Bertz CT molecular complexity index is 1370. The summed E-state index contributed by atoms with van der Waals surface area (Å²) >= 11 is 12.1. The third-order valence-electron chi connectivity index (χ3n) is 6.55. The second kappa shape index (κ2) is 10.8. The van der Waals surface area contributed by atoms with Crippen molar-refractivity contribution in [2.75, 3.05) is 6.54 Å². The smallest absolute Gasteiger partial charge is 0.326 e. The van der Waals surface area contributed by atoms with E-state index in [2.05, 4.69) is 9.97 Å². The molecule has 0 aliphatic carbocycles. The van der Waals surface area contributed by atoms with Crippen LogP contribution < -0.4 is 0 Å². The Morgan fingerprint density at radius 3 is 2.46 bits per heavy atom. The number of hydrogen-bond donors (Lipinski definition) is 2. The highest BCUT2D eigenvalue weighted by Gasteiger charge is 2.52. The van der Waals surface area contributed by atoms with Crippen molar-refractivity contribution in [3.8, 4) is 0 Å². The van der Waals surface area contributed by atoms with Gasteiger partial charge in [0.15, 0.2) is 0 Å². The molecule has 2 aromatic carbocycles. The maximum atomic E-state index is 14.2. The van der Waals surface area contributed by atoms with Crippen molar-refractivity contribution in [2.24, 2.45) is 0 Å². The number of carbonyl (C=O) groups is 2. The van der Waals surface area contributed by atoms with E-state index < -0.39 is 33.5 Å². The van der Waals surface area contributed by atoms with Crippen LogP contribution in [0.2, 0.25) is 10.0 Å². The monoisotopic (exact) mass is 564 g/mol. The lowest BCUT2D eigenvalue weighted by Crippen LogP contribution is -2.59. The number of aliphatic carboxylic acids is 1. The van der Waals surface area contributed by atoms with Gasteiger partial charge in [0.05, 0.1) is 11.2 Å². The zero-order valence-electron chi connectivity index (χ0n) is 20.0. The fourth-order valence-electron chi connectivity index (χ4n) is 4.69. The van der Waals surface area contributed by atoms with E-state index in [1.165, 1.54) is 35.6 Å². The molecule has 1 aliphatic heterocycles. The molecule has 3 aromatic rings. The molecule has 0 saturated carbocycles. The van der Waals surface area contributed by atoms with Crippen molar-refractivity contribution in [1.29, 1.82) is 0 Å². The van der Waals surface area contributed by atoms with Gasteiger partial charge in [0, 0.05) is 41.4 Å². The maximum absolute atomic E-state index is 14.2. The molecular weight excluding hydrogens is 539 g/mol. The van der Waals surface area contributed by atoms with E-state index in [9.17, 15) is 23.1 Å². The van der Waals surface area contributed by atoms with Gasteiger partial charge in [0.1, 0.15) is 11.6 Å². The van der Waals surface area contributed by atoms with E-state index in [-0.39, 0.29) is 40.9 Å². The van der Waals surface area contributed by atoms with Gasteiger partial charge < -0.3 is 15.0 Å². The van der Waals surface area contributed by atoms with Gasteiger partial charge in [-0.2, -0.15) is 4.31 Å². The number of aromatic nitrogens is 2. The van der Waals surface area contributed by atoms with Crippen LogP contribution in [0.25, 0.3) is 0 Å². The van der Waals surface area contributed by atoms with Gasteiger partial charge in [-0.05, 0) is 43.5 Å². The first-order valence-corrected chi connectivity index (χ1v) is 13.8. The van der Waals surface area contributed by atoms with E-state index in [0.29, 0.717) is 17.7 Å². The van der Waals surface area contributed by atoms with Gasteiger partial charge >= 0.3 is 5.97 Å². The summed E-state index contributed by atoms with van der Waals surface area (Å²) in [6, 6.07) is 11.7. The predicted octanol–water partition coefficient (Wildman–Crippen LogP) is 3.98. The number of nitrogens with one attached hydrogen (secondary N) is 1. The Labute approximate surface area is 225 Å². The van der Waals surface area contributed by atoms with Crippen LogP contribution in [-0.2, 0) is 32.6 Å². The largest absolute Gasteiger partial charge is 0.480 e. The molecule has 4 rings (SSSR count). The standard InChI is InChI=1S/C25H26Cl2N4O5S/c1-25(8-5-9-31(25)37(35,36)21-11-18(26)10-19(27)12-21)24(34)30(15-17-6-3-2-4-7-17)22(23(32)33)13-20-14-28-16-29-20/h2-4,6-7,10-12,14,16,22H,5,8-9,13,15H2,1H3,(H,28,29)(H,32,33)/t22?,25-/m0/s1. The number of amides is 1. The number of carbonyl (C=O) groups excluding carboxylic acids is 1. The molecule has 1 fully saturated rings. The van der Waals surface area contributed by atoms with Crippen LogP contribution in [0, 0.1) is 0 Å². The van der Waals surface area contributed by atoms with Gasteiger partial charge in [-0.15, -0.1) is 0 Å². The van der Waals surface area contributed by atoms with Crippen LogP contribution in [0.3, 0.4) is 0 Å². The minimum absolute atomic E-state index is 0.0166. The van der Waals surface area contributed by atoms with Crippen molar-refractivity contribution in [2.45, 2.75) is 49.2 Å². The summed E-state index contributed by atoms with van der Waals surface area (Å²) in [5.74, 6) is -1.81. The topological polar surface area (TPSA) is 124 Å². The third-order valence-corrected chi connectivity index (χ3v) is 8.98. The SMILES string of the molecule is C[C@@]1(C(=O)N(Cc2ccccc2)C(Cc2cnc[nH]2)C(=O)O)CCCN1S(=O)(=O)c1cc(Cl)cc(Cl)c1. The fraction of sp³-hybridized carbons (Fsp3) is 0.320. The van der Waals surface area contributed by atoms with E-state index in [0.717, 1.165) is 4.31 Å². The summed E-state index contributed by atoms with van der Waals surface area (Å²) < 4.78 is 28.6. The molecule has 1 amide bonds. The Morgan fingerprint density at radius 1 is 1.19 bits per heavy atom. The van der Waals surface area contributed by atoms with E-state index in [4.69, 9.17) is 23.2 Å². The van der Waals surface area contributed by atoms with Gasteiger partial charge in [-0.1, -0.05) is 53.5 Å². The number of H-pyrrole nitrogens is 1.